The van der Waals surface area contributed by atoms with Crippen molar-refractivity contribution in [3.8, 4) is 0 Å². The number of ether oxygens (including phenoxy) is 1. The average Bonchev–Trinajstić information content (AvgIpc) is 2.43. The summed E-state index contributed by atoms with van der Waals surface area (Å²) in [5.74, 6) is -0.488. The molecule has 6 nitrogen and oxygen atoms in total. The highest BCUT2D eigenvalue weighted by Gasteiger charge is 2.31. The fraction of sp³-hybridized carbons (Fsp3) is 0.917. The van der Waals surface area contributed by atoms with Crippen LogP contribution in [0.2, 0.25) is 0 Å². The standard InChI is InChI=1S/C12H23NO5S/c1-9(12(15)18-2)19(16,17)13-7-10-5-3-4-6-11(10)8-14/h9-11,13-14H,3-8H2,1-2H3. The first-order chi connectivity index (χ1) is 8.92. The molecule has 3 unspecified atom stereocenters. The molecule has 1 fully saturated rings. The van der Waals surface area contributed by atoms with Crippen molar-refractivity contribution in [2.45, 2.75) is 37.9 Å². The van der Waals surface area contributed by atoms with Crippen molar-refractivity contribution in [2.24, 2.45) is 11.8 Å². The SMILES string of the molecule is COC(=O)C(C)S(=O)(=O)NCC1CCCCC1CO. The quantitative estimate of drug-likeness (QED) is 0.686. The minimum atomic E-state index is -3.71. The minimum Gasteiger partial charge on any atom is -0.468 e. The first-order valence-corrected chi connectivity index (χ1v) is 8.14. The summed E-state index contributed by atoms with van der Waals surface area (Å²) in [6.45, 7) is 1.66. The Bertz CT molecular complexity index is 395. The largest absolute Gasteiger partial charge is 0.468 e. The van der Waals surface area contributed by atoms with E-state index in [0.717, 1.165) is 32.8 Å². The molecular formula is C12H23NO5S. The highest BCUT2D eigenvalue weighted by Crippen LogP contribution is 2.29. The zero-order chi connectivity index (χ0) is 14.5. The van der Waals surface area contributed by atoms with E-state index >= 15 is 0 Å². The van der Waals surface area contributed by atoms with Crippen LogP contribution in [0.1, 0.15) is 32.6 Å². The van der Waals surface area contributed by atoms with Gasteiger partial charge in [-0.3, -0.25) is 4.79 Å². The molecule has 0 radical (unpaired) electrons. The number of hydrogen-bond acceptors (Lipinski definition) is 5. The molecule has 7 heteroatoms. The summed E-state index contributed by atoms with van der Waals surface area (Å²) in [5.41, 5.74) is 0. The molecule has 3 atom stereocenters. The molecule has 0 heterocycles. The highest BCUT2D eigenvalue weighted by molar-refractivity contribution is 7.90. The van der Waals surface area contributed by atoms with Crippen LogP contribution < -0.4 is 4.72 Å². The lowest BCUT2D eigenvalue weighted by Gasteiger charge is -2.30. The van der Waals surface area contributed by atoms with Crippen LogP contribution in [-0.2, 0) is 19.6 Å². The molecule has 0 amide bonds. The molecule has 2 N–H and O–H groups in total. The van der Waals surface area contributed by atoms with Gasteiger partial charge in [-0.25, -0.2) is 13.1 Å². The van der Waals surface area contributed by atoms with Gasteiger partial charge in [0.2, 0.25) is 10.0 Å². The number of sulfonamides is 1. The molecule has 0 aromatic heterocycles. The summed E-state index contributed by atoms with van der Waals surface area (Å²) in [6.07, 6.45) is 3.96. The van der Waals surface area contributed by atoms with E-state index < -0.39 is 21.2 Å². The predicted octanol–water partition coefficient (Wildman–Crippen LogP) is 0.266. The Labute approximate surface area is 114 Å². The average molecular weight is 293 g/mol. The van der Waals surface area contributed by atoms with E-state index in [1.165, 1.54) is 6.92 Å². The van der Waals surface area contributed by atoms with Crippen LogP contribution in [0.5, 0.6) is 0 Å². The number of carbonyl (C=O) groups excluding carboxylic acids is 1. The first-order valence-electron chi connectivity index (χ1n) is 6.59. The Morgan fingerprint density at radius 3 is 2.47 bits per heavy atom. The lowest BCUT2D eigenvalue weighted by atomic mass is 9.80. The molecule has 0 saturated heterocycles. The van der Waals surface area contributed by atoms with Crippen LogP contribution in [0.4, 0.5) is 0 Å². The van der Waals surface area contributed by atoms with Gasteiger partial charge in [0.1, 0.15) is 0 Å². The maximum atomic E-state index is 11.9. The van der Waals surface area contributed by atoms with Gasteiger partial charge in [-0.2, -0.15) is 0 Å². The summed E-state index contributed by atoms with van der Waals surface area (Å²) < 4.78 is 30.7. The number of esters is 1. The van der Waals surface area contributed by atoms with Crippen LogP contribution in [0, 0.1) is 11.8 Å². The van der Waals surface area contributed by atoms with E-state index in [2.05, 4.69) is 9.46 Å². The molecule has 1 aliphatic carbocycles. The third-order valence-corrected chi connectivity index (χ3v) is 5.54. The number of nitrogens with one attached hydrogen (secondary N) is 1. The second kappa shape index (κ2) is 7.21. The summed E-state index contributed by atoms with van der Waals surface area (Å²) in [7, 11) is -2.54. The van der Waals surface area contributed by atoms with E-state index in [1.807, 2.05) is 0 Å². The Morgan fingerprint density at radius 1 is 1.37 bits per heavy atom. The molecule has 112 valence electrons. The molecule has 0 aromatic rings. The van der Waals surface area contributed by atoms with Crippen LogP contribution in [0.3, 0.4) is 0 Å². The number of carbonyl (C=O) groups is 1. The summed E-state index contributed by atoms with van der Waals surface area (Å²) in [4.78, 5) is 11.2. The van der Waals surface area contributed by atoms with Gasteiger partial charge in [0.15, 0.2) is 5.25 Å². The van der Waals surface area contributed by atoms with Crippen molar-refractivity contribution in [1.29, 1.82) is 0 Å². The Balaban J connectivity index is 2.57. The Hall–Kier alpha value is -0.660. The molecule has 1 rings (SSSR count). The van der Waals surface area contributed by atoms with Crippen LogP contribution in [0.15, 0.2) is 0 Å². The zero-order valence-corrected chi connectivity index (χ0v) is 12.3. The van der Waals surface area contributed by atoms with Crippen molar-refractivity contribution in [3.05, 3.63) is 0 Å². The van der Waals surface area contributed by atoms with E-state index in [9.17, 15) is 18.3 Å². The molecule has 0 bridgehead atoms. The summed E-state index contributed by atoms with van der Waals surface area (Å²) in [5, 5.41) is 8.06. The van der Waals surface area contributed by atoms with E-state index in [1.54, 1.807) is 0 Å². The van der Waals surface area contributed by atoms with E-state index in [-0.39, 0.29) is 25.0 Å². The van der Waals surface area contributed by atoms with Gasteiger partial charge in [0.05, 0.1) is 7.11 Å². The normalized spacial score (nSPS) is 25.8. The van der Waals surface area contributed by atoms with Gasteiger partial charge in [-0.15, -0.1) is 0 Å². The fourth-order valence-corrected chi connectivity index (χ4v) is 3.48. The van der Waals surface area contributed by atoms with Crippen molar-refractivity contribution in [3.63, 3.8) is 0 Å². The highest BCUT2D eigenvalue weighted by atomic mass is 32.2. The molecular weight excluding hydrogens is 270 g/mol. The molecule has 1 aliphatic rings. The van der Waals surface area contributed by atoms with Gasteiger partial charge >= 0.3 is 5.97 Å². The number of rotatable bonds is 6. The van der Waals surface area contributed by atoms with E-state index in [0.29, 0.717) is 0 Å². The van der Waals surface area contributed by atoms with Crippen molar-refractivity contribution < 1.29 is 23.1 Å². The number of methoxy groups -OCH3 is 1. The van der Waals surface area contributed by atoms with Crippen LogP contribution >= 0.6 is 0 Å². The van der Waals surface area contributed by atoms with Crippen molar-refractivity contribution >= 4 is 16.0 Å². The number of aliphatic hydroxyl groups is 1. The second-order valence-electron chi connectivity index (χ2n) is 5.05. The molecule has 0 aromatic carbocycles. The van der Waals surface area contributed by atoms with Gasteiger partial charge in [0.25, 0.3) is 0 Å². The monoisotopic (exact) mass is 293 g/mol. The first kappa shape index (κ1) is 16.4. The smallest absolute Gasteiger partial charge is 0.325 e. The number of aliphatic hydroxyl groups excluding tert-OH is 1. The lowest BCUT2D eigenvalue weighted by molar-refractivity contribution is -0.139. The van der Waals surface area contributed by atoms with Gasteiger partial charge in [-0.1, -0.05) is 12.8 Å². The van der Waals surface area contributed by atoms with Crippen molar-refractivity contribution in [2.75, 3.05) is 20.3 Å². The summed E-state index contributed by atoms with van der Waals surface area (Å²) in [6, 6.07) is 0. The fourth-order valence-electron chi connectivity index (χ4n) is 2.43. The zero-order valence-electron chi connectivity index (χ0n) is 11.5. The molecule has 1 saturated carbocycles. The summed E-state index contributed by atoms with van der Waals surface area (Å²) >= 11 is 0. The van der Waals surface area contributed by atoms with Crippen LogP contribution in [-0.4, -0.2) is 45.0 Å². The topological polar surface area (TPSA) is 92.7 Å². The maximum absolute atomic E-state index is 11.9. The Kier molecular flexibility index (Phi) is 6.22. The predicted molar refractivity (Wildman–Crippen MR) is 70.9 cm³/mol. The third kappa shape index (κ3) is 4.43. The lowest BCUT2D eigenvalue weighted by Crippen LogP contribution is -2.42. The van der Waals surface area contributed by atoms with Gasteiger partial charge < -0.3 is 9.84 Å². The molecule has 0 aliphatic heterocycles. The van der Waals surface area contributed by atoms with Gasteiger partial charge in [0, 0.05) is 13.2 Å². The van der Waals surface area contributed by atoms with Crippen LogP contribution in [0.25, 0.3) is 0 Å². The van der Waals surface area contributed by atoms with Crippen molar-refractivity contribution in [1.82, 2.24) is 4.72 Å². The maximum Gasteiger partial charge on any atom is 0.325 e. The second-order valence-corrected chi connectivity index (χ2v) is 7.13. The van der Waals surface area contributed by atoms with E-state index in [4.69, 9.17) is 0 Å². The Morgan fingerprint density at radius 2 is 1.95 bits per heavy atom. The van der Waals surface area contributed by atoms with Gasteiger partial charge in [-0.05, 0) is 31.6 Å². The third-order valence-electron chi connectivity index (χ3n) is 3.85. The molecule has 0 spiro atoms. The number of hydrogen-bond donors (Lipinski definition) is 2. The molecule has 19 heavy (non-hydrogen) atoms. The minimum absolute atomic E-state index is 0.0823.